The van der Waals surface area contributed by atoms with Crippen LogP contribution in [-0.4, -0.2) is 11.6 Å². The van der Waals surface area contributed by atoms with Crippen LogP contribution < -0.4 is 0 Å². The molecular weight excluding hydrogens is 296 g/mol. The molecule has 0 amide bonds. The Hall–Kier alpha value is -0.530. The second-order valence-corrected chi connectivity index (χ2v) is 11.1. The molecule has 0 heterocycles. The van der Waals surface area contributed by atoms with Gasteiger partial charge in [0.25, 0.3) is 0 Å². The molecule has 0 atom stereocenters. The molecule has 0 aromatic carbocycles. The largest absolute Gasteiger partial charge is 0.459 e. The van der Waals surface area contributed by atoms with E-state index in [1.54, 1.807) is 0 Å². The smallest absolute Gasteiger partial charge is 0.312 e. The van der Waals surface area contributed by atoms with E-state index in [0.29, 0.717) is 11.8 Å². The Morgan fingerprint density at radius 3 is 1.58 bits per heavy atom. The van der Waals surface area contributed by atoms with Gasteiger partial charge in [0, 0.05) is 0 Å². The Kier molecular flexibility index (Phi) is 2.80. The Morgan fingerprint density at radius 1 is 0.708 bits per heavy atom. The molecule has 24 heavy (non-hydrogen) atoms. The fourth-order valence-corrected chi connectivity index (χ4v) is 8.96. The van der Waals surface area contributed by atoms with Crippen molar-refractivity contribution in [1.82, 2.24) is 0 Å². The van der Waals surface area contributed by atoms with Crippen molar-refractivity contribution in [3.05, 3.63) is 0 Å². The maximum Gasteiger partial charge on any atom is 0.312 e. The van der Waals surface area contributed by atoms with Crippen LogP contribution >= 0.6 is 0 Å². The van der Waals surface area contributed by atoms with Crippen molar-refractivity contribution >= 4 is 5.97 Å². The van der Waals surface area contributed by atoms with Crippen molar-refractivity contribution in [2.24, 2.45) is 46.8 Å². The second-order valence-electron chi connectivity index (χ2n) is 11.1. The van der Waals surface area contributed by atoms with Crippen LogP contribution in [0.5, 0.6) is 0 Å². The van der Waals surface area contributed by atoms with Crippen LogP contribution in [0.4, 0.5) is 0 Å². The van der Waals surface area contributed by atoms with E-state index in [2.05, 4.69) is 6.92 Å². The fourth-order valence-electron chi connectivity index (χ4n) is 8.96. The molecule has 2 heteroatoms. The van der Waals surface area contributed by atoms with Gasteiger partial charge in [0.2, 0.25) is 0 Å². The number of ether oxygens (including phenoxy) is 1. The van der Waals surface area contributed by atoms with E-state index in [9.17, 15) is 4.79 Å². The first-order chi connectivity index (χ1) is 11.5. The number of rotatable bonds is 2. The number of hydrogen-bond donors (Lipinski definition) is 0. The summed E-state index contributed by atoms with van der Waals surface area (Å²) in [5, 5.41) is 0. The normalized spacial score (nSPS) is 59.8. The molecule has 0 aromatic heterocycles. The lowest BCUT2D eigenvalue weighted by Gasteiger charge is -2.60. The highest BCUT2D eigenvalue weighted by molar-refractivity contribution is 5.78. The molecule has 8 fully saturated rings. The van der Waals surface area contributed by atoms with Crippen LogP contribution in [0.1, 0.15) is 77.6 Å². The SMILES string of the molecule is CC1(C(=O)OC23CC4CC(CC(C4)C2)C3)C2CC3CC(C2)CC1C3. The van der Waals surface area contributed by atoms with Gasteiger partial charge in [0.15, 0.2) is 0 Å². The lowest BCUT2D eigenvalue weighted by Crippen LogP contribution is -2.59. The van der Waals surface area contributed by atoms with Gasteiger partial charge >= 0.3 is 5.97 Å². The third-order valence-corrected chi connectivity index (χ3v) is 9.57. The third kappa shape index (κ3) is 1.86. The zero-order valence-electron chi connectivity index (χ0n) is 15.1. The van der Waals surface area contributed by atoms with E-state index in [4.69, 9.17) is 4.74 Å². The molecule has 0 unspecified atom stereocenters. The maximum absolute atomic E-state index is 13.5. The molecule has 0 saturated heterocycles. The Labute approximate surface area is 146 Å². The number of hydrogen-bond acceptors (Lipinski definition) is 2. The van der Waals surface area contributed by atoms with Gasteiger partial charge in [-0.25, -0.2) is 0 Å². The van der Waals surface area contributed by atoms with Crippen molar-refractivity contribution in [3.8, 4) is 0 Å². The van der Waals surface area contributed by atoms with Gasteiger partial charge in [-0.1, -0.05) is 0 Å². The van der Waals surface area contributed by atoms with Crippen molar-refractivity contribution in [1.29, 1.82) is 0 Å². The van der Waals surface area contributed by atoms with Crippen LogP contribution in [-0.2, 0) is 9.53 Å². The van der Waals surface area contributed by atoms with E-state index >= 15 is 0 Å². The molecule has 0 aliphatic heterocycles. The van der Waals surface area contributed by atoms with Crippen molar-refractivity contribution in [3.63, 3.8) is 0 Å². The number of carbonyl (C=O) groups is 1. The summed E-state index contributed by atoms with van der Waals surface area (Å²) in [6.07, 6.45) is 14.5. The van der Waals surface area contributed by atoms with E-state index in [0.717, 1.165) is 29.6 Å². The van der Waals surface area contributed by atoms with Crippen molar-refractivity contribution in [2.45, 2.75) is 83.2 Å². The van der Waals surface area contributed by atoms with E-state index in [1.165, 1.54) is 70.6 Å². The van der Waals surface area contributed by atoms with Crippen molar-refractivity contribution in [2.75, 3.05) is 0 Å². The second kappa shape index (κ2) is 4.60. The molecule has 8 saturated carbocycles. The standard InChI is InChI=1S/C22H32O2/c1-21(18-6-13-2-14(8-18)9-19(21)7-13)20(23)24-22-10-15-3-16(11-22)5-17(4-15)12-22/h13-19H,2-12H2,1H3. The van der Waals surface area contributed by atoms with Gasteiger partial charge in [-0.15, -0.1) is 0 Å². The summed E-state index contributed by atoms with van der Waals surface area (Å²) in [5.74, 6) is 5.88. The maximum atomic E-state index is 13.5. The minimum absolute atomic E-state index is 0.0521. The topological polar surface area (TPSA) is 26.3 Å². The van der Waals surface area contributed by atoms with Crippen LogP contribution in [0, 0.1) is 46.8 Å². The summed E-state index contributed by atoms with van der Waals surface area (Å²) in [6, 6.07) is 0. The van der Waals surface area contributed by atoms with Gasteiger partial charge < -0.3 is 4.74 Å². The highest BCUT2D eigenvalue weighted by atomic mass is 16.6. The van der Waals surface area contributed by atoms with Crippen LogP contribution in [0.15, 0.2) is 0 Å². The van der Waals surface area contributed by atoms with E-state index in [1.807, 2.05) is 0 Å². The zero-order chi connectivity index (χ0) is 16.1. The quantitative estimate of drug-likeness (QED) is 0.670. The summed E-state index contributed by atoms with van der Waals surface area (Å²) < 4.78 is 6.54. The lowest BCUT2D eigenvalue weighted by atomic mass is 9.46. The van der Waals surface area contributed by atoms with E-state index in [-0.39, 0.29) is 17.0 Å². The van der Waals surface area contributed by atoms with Crippen LogP contribution in [0.25, 0.3) is 0 Å². The summed E-state index contributed by atoms with van der Waals surface area (Å²) in [6.45, 7) is 2.29. The number of esters is 1. The predicted octanol–water partition coefficient (Wildman–Crippen LogP) is 4.96. The molecule has 0 radical (unpaired) electrons. The molecule has 132 valence electrons. The third-order valence-electron chi connectivity index (χ3n) is 9.57. The zero-order valence-corrected chi connectivity index (χ0v) is 15.1. The van der Waals surface area contributed by atoms with Gasteiger partial charge in [0.05, 0.1) is 5.41 Å². The molecule has 8 aliphatic rings. The van der Waals surface area contributed by atoms with Crippen LogP contribution in [0.2, 0.25) is 0 Å². The summed E-state index contributed by atoms with van der Waals surface area (Å²) in [4.78, 5) is 13.5. The monoisotopic (exact) mass is 328 g/mol. The average Bonchev–Trinajstić information content (AvgIpc) is 2.49. The highest BCUT2D eigenvalue weighted by Gasteiger charge is 2.61. The molecule has 0 spiro atoms. The van der Waals surface area contributed by atoms with Gasteiger partial charge in [-0.3, -0.25) is 4.79 Å². The highest BCUT2D eigenvalue weighted by Crippen LogP contribution is 2.64. The van der Waals surface area contributed by atoms with E-state index < -0.39 is 0 Å². The van der Waals surface area contributed by atoms with Crippen molar-refractivity contribution < 1.29 is 9.53 Å². The van der Waals surface area contributed by atoms with Gasteiger partial charge in [-0.2, -0.15) is 0 Å². The summed E-state index contributed by atoms with van der Waals surface area (Å²) in [7, 11) is 0. The summed E-state index contributed by atoms with van der Waals surface area (Å²) >= 11 is 0. The fraction of sp³-hybridized carbons (Fsp3) is 0.955. The molecule has 0 N–H and O–H groups in total. The molecule has 8 aliphatic carbocycles. The molecular formula is C22H32O2. The van der Waals surface area contributed by atoms with Crippen LogP contribution in [0.3, 0.4) is 0 Å². The Balaban J connectivity index is 1.27. The van der Waals surface area contributed by atoms with Gasteiger partial charge in [0.1, 0.15) is 5.60 Å². The average molecular weight is 328 g/mol. The minimum Gasteiger partial charge on any atom is -0.459 e. The lowest BCUT2D eigenvalue weighted by molar-refractivity contribution is -0.214. The molecule has 0 aromatic rings. The van der Waals surface area contributed by atoms with Gasteiger partial charge in [-0.05, 0) is 119 Å². The molecule has 8 bridgehead atoms. The first kappa shape index (κ1) is 14.6. The summed E-state index contributed by atoms with van der Waals surface area (Å²) in [5.41, 5.74) is -0.208. The number of carbonyl (C=O) groups excluding carboxylic acids is 1. The minimum atomic E-state index is -0.156. The Morgan fingerprint density at radius 2 is 1.12 bits per heavy atom. The first-order valence-electron chi connectivity index (χ1n) is 10.8. The molecule has 2 nitrogen and oxygen atoms in total. The first-order valence-corrected chi connectivity index (χ1v) is 10.8. The predicted molar refractivity (Wildman–Crippen MR) is 92.1 cm³/mol. The molecule has 8 rings (SSSR count). The Bertz CT molecular complexity index is 513.